The second-order valence-corrected chi connectivity index (χ2v) is 6.22. The molecule has 1 aliphatic carbocycles. The van der Waals surface area contributed by atoms with E-state index in [1.807, 2.05) is 0 Å². The summed E-state index contributed by atoms with van der Waals surface area (Å²) in [7, 11) is 0. The number of nitrogens with one attached hydrogen (secondary N) is 1. The van der Waals surface area contributed by atoms with Crippen molar-refractivity contribution in [3.8, 4) is 5.75 Å². The Morgan fingerprint density at radius 1 is 1.42 bits per heavy atom. The molecule has 138 valence electrons. The number of aromatic nitrogens is 2. The summed E-state index contributed by atoms with van der Waals surface area (Å²) < 4.78 is 16.3. The number of rotatable bonds is 10. The third-order valence-corrected chi connectivity index (χ3v) is 3.96. The minimum absolute atomic E-state index is 0.192. The van der Waals surface area contributed by atoms with Gasteiger partial charge in [-0.3, -0.25) is 4.79 Å². The molecular weight excluding hydrogens is 334 g/mol. The van der Waals surface area contributed by atoms with E-state index in [1.165, 1.54) is 0 Å². The van der Waals surface area contributed by atoms with E-state index in [2.05, 4.69) is 22.0 Å². The second kappa shape index (κ2) is 8.62. The van der Waals surface area contributed by atoms with Crippen molar-refractivity contribution < 1.29 is 18.8 Å². The summed E-state index contributed by atoms with van der Waals surface area (Å²) in [5.74, 6) is 2.14. The molecule has 1 saturated carbocycles. The maximum Gasteiger partial charge on any atom is 0.253 e. The zero-order valence-corrected chi connectivity index (χ0v) is 14.8. The van der Waals surface area contributed by atoms with Gasteiger partial charge in [-0.25, -0.2) is 0 Å². The number of carbonyl (C=O) groups excluding carboxylic acids is 1. The van der Waals surface area contributed by atoms with Crippen LogP contribution in [0, 0.1) is 0 Å². The normalized spacial score (nSPS) is 14.7. The topological polar surface area (TPSA) is 86.5 Å². The molecule has 0 saturated heterocycles. The lowest BCUT2D eigenvalue weighted by Gasteiger charge is -2.13. The standard InChI is InChI=1S/C19H23N3O4/c1-3-4-11-24-13(2)18(23)20-15-7-9-16(10-8-15)25-12-17-21-19(26-22-17)14-5-6-14/h3,7-10,13-14H,1,4-6,11-12H2,2H3,(H,20,23). The third kappa shape index (κ3) is 5.16. The van der Waals surface area contributed by atoms with Crippen LogP contribution in [0.5, 0.6) is 5.75 Å². The molecule has 1 unspecified atom stereocenters. The molecule has 0 spiro atoms. The van der Waals surface area contributed by atoms with E-state index in [0.29, 0.717) is 42.1 Å². The van der Waals surface area contributed by atoms with E-state index in [-0.39, 0.29) is 12.5 Å². The molecule has 1 aromatic heterocycles. The molecule has 0 radical (unpaired) electrons. The van der Waals surface area contributed by atoms with Crippen molar-refractivity contribution in [3.05, 3.63) is 48.6 Å². The summed E-state index contributed by atoms with van der Waals surface area (Å²) in [5.41, 5.74) is 0.678. The summed E-state index contributed by atoms with van der Waals surface area (Å²) in [6.45, 7) is 6.06. The first-order chi connectivity index (χ1) is 12.7. The largest absolute Gasteiger partial charge is 0.485 e. The molecule has 0 bridgehead atoms. The van der Waals surface area contributed by atoms with Crippen LogP contribution in [0.15, 0.2) is 41.4 Å². The predicted octanol–water partition coefficient (Wildman–Crippen LogP) is 3.45. The number of carbonyl (C=O) groups is 1. The van der Waals surface area contributed by atoms with Crippen LogP contribution in [0.25, 0.3) is 0 Å². The monoisotopic (exact) mass is 357 g/mol. The van der Waals surface area contributed by atoms with Crippen molar-refractivity contribution in [1.29, 1.82) is 0 Å². The van der Waals surface area contributed by atoms with Gasteiger partial charge in [0.2, 0.25) is 11.7 Å². The average Bonchev–Trinajstić information content (AvgIpc) is 3.39. The number of anilines is 1. The fourth-order valence-electron chi connectivity index (χ4n) is 2.25. The number of hydrogen-bond donors (Lipinski definition) is 1. The van der Waals surface area contributed by atoms with Gasteiger partial charge >= 0.3 is 0 Å². The van der Waals surface area contributed by atoms with Crippen molar-refractivity contribution in [3.63, 3.8) is 0 Å². The van der Waals surface area contributed by atoms with Crippen molar-refractivity contribution in [1.82, 2.24) is 10.1 Å². The Bertz CT molecular complexity index is 737. The molecule has 2 aromatic rings. The van der Waals surface area contributed by atoms with Crippen LogP contribution in [-0.2, 0) is 16.1 Å². The molecule has 1 aromatic carbocycles. The lowest BCUT2D eigenvalue weighted by Crippen LogP contribution is -2.27. The van der Waals surface area contributed by atoms with E-state index in [9.17, 15) is 4.79 Å². The van der Waals surface area contributed by atoms with Crippen molar-refractivity contribution >= 4 is 11.6 Å². The minimum atomic E-state index is -0.523. The second-order valence-electron chi connectivity index (χ2n) is 6.22. The Morgan fingerprint density at radius 3 is 2.88 bits per heavy atom. The Morgan fingerprint density at radius 2 is 2.19 bits per heavy atom. The van der Waals surface area contributed by atoms with Gasteiger partial charge in [0.15, 0.2) is 6.61 Å². The molecule has 1 atom stereocenters. The molecule has 1 N–H and O–H groups in total. The van der Waals surface area contributed by atoms with E-state index in [1.54, 1.807) is 37.3 Å². The molecule has 1 fully saturated rings. The lowest BCUT2D eigenvalue weighted by molar-refractivity contribution is -0.126. The van der Waals surface area contributed by atoms with Crippen LogP contribution in [0.4, 0.5) is 5.69 Å². The first kappa shape index (κ1) is 18.1. The Labute approximate surface area is 152 Å². The van der Waals surface area contributed by atoms with Gasteiger partial charge in [0.05, 0.1) is 6.61 Å². The number of amides is 1. The van der Waals surface area contributed by atoms with E-state index in [0.717, 1.165) is 12.8 Å². The van der Waals surface area contributed by atoms with Crippen molar-refractivity contribution in [2.75, 3.05) is 11.9 Å². The van der Waals surface area contributed by atoms with Crippen LogP contribution in [0.2, 0.25) is 0 Å². The van der Waals surface area contributed by atoms with Crippen LogP contribution in [0.1, 0.15) is 43.8 Å². The molecule has 26 heavy (non-hydrogen) atoms. The van der Waals surface area contributed by atoms with E-state index in [4.69, 9.17) is 14.0 Å². The maximum absolute atomic E-state index is 12.0. The Kier molecular flexibility index (Phi) is 6.01. The molecule has 1 heterocycles. The van der Waals surface area contributed by atoms with E-state index < -0.39 is 6.10 Å². The fraction of sp³-hybridized carbons (Fsp3) is 0.421. The first-order valence-corrected chi connectivity index (χ1v) is 8.74. The molecule has 0 aliphatic heterocycles. The van der Waals surface area contributed by atoms with Gasteiger partial charge in [-0.1, -0.05) is 11.2 Å². The maximum atomic E-state index is 12.0. The molecule has 7 nitrogen and oxygen atoms in total. The van der Waals surface area contributed by atoms with Gasteiger partial charge in [-0.2, -0.15) is 4.98 Å². The summed E-state index contributed by atoms with van der Waals surface area (Å²) >= 11 is 0. The Balaban J connectivity index is 1.44. The molecule has 3 rings (SSSR count). The Hall–Kier alpha value is -2.67. The van der Waals surface area contributed by atoms with E-state index >= 15 is 0 Å². The number of nitrogens with zero attached hydrogens (tertiary/aromatic N) is 2. The zero-order chi connectivity index (χ0) is 18.4. The molecule has 7 heteroatoms. The van der Waals surface area contributed by atoms with Crippen LogP contribution in [-0.4, -0.2) is 28.8 Å². The quantitative estimate of drug-likeness (QED) is 0.518. The van der Waals surface area contributed by atoms with Gasteiger partial charge in [0.25, 0.3) is 5.91 Å². The molecular formula is C19H23N3O4. The van der Waals surface area contributed by atoms with Crippen LogP contribution in [0.3, 0.4) is 0 Å². The molecule has 1 aliphatic rings. The minimum Gasteiger partial charge on any atom is -0.485 e. The summed E-state index contributed by atoms with van der Waals surface area (Å²) in [4.78, 5) is 16.4. The SMILES string of the molecule is C=CCCOC(C)C(=O)Nc1ccc(OCc2noc(C3CC3)n2)cc1. The van der Waals surface area contributed by atoms with Gasteiger partial charge in [-0.15, -0.1) is 6.58 Å². The van der Waals surface area contributed by atoms with Gasteiger partial charge in [0, 0.05) is 11.6 Å². The average molecular weight is 357 g/mol. The van der Waals surface area contributed by atoms with Crippen LogP contribution >= 0.6 is 0 Å². The fourth-order valence-corrected chi connectivity index (χ4v) is 2.25. The highest BCUT2D eigenvalue weighted by Crippen LogP contribution is 2.38. The first-order valence-electron chi connectivity index (χ1n) is 8.74. The smallest absolute Gasteiger partial charge is 0.253 e. The van der Waals surface area contributed by atoms with Gasteiger partial charge < -0.3 is 19.3 Å². The highest BCUT2D eigenvalue weighted by molar-refractivity contribution is 5.93. The number of hydrogen-bond acceptors (Lipinski definition) is 6. The highest BCUT2D eigenvalue weighted by atomic mass is 16.5. The summed E-state index contributed by atoms with van der Waals surface area (Å²) in [6, 6.07) is 7.10. The van der Waals surface area contributed by atoms with Gasteiger partial charge in [-0.05, 0) is 50.5 Å². The zero-order valence-electron chi connectivity index (χ0n) is 14.8. The number of benzene rings is 1. The summed E-state index contributed by atoms with van der Waals surface area (Å²) in [5, 5.41) is 6.72. The van der Waals surface area contributed by atoms with Crippen molar-refractivity contribution in [2.24, 2.45) is 0 Å². The van der Waals surface area contributed by atoms with Gasteiger partial charge in [0.1, 0.15) is 11.9 Å². The summed E-state index contributed by atoms with van der Waals surface area (Å²) in [6.07, 6.45) is 4.18. The predicted molar refractivity (Wildman–Crippen MR) is 95.9 cm³/mol. The molecule has 1 amide bonds. The number of ether oxygens (including phenoxy) is 2. The third-order valence-electron chi connectivity index (χ3n) is 3.96. The van der Waals surface area contributed by atoms with Crippen LogP contribution < -0.4 is 10.1 Å². The lowest BCUT2D eigenvalue weighted by atomic mass is 10.3. The highest BCUT2D eigenvalue weighted by Gasteiger charge is 2.29. The van der Waals surface area contributed by atoms with Crippen molar-refractivity contribution in [2.45, 2.75) is 44.8 Å².